The molecule has 5 nitrogen and oxygen atoms in total. The van der Waals surface area contributed by atoms with E-state index in [2.05, 4.69) is 4.98 Å². The first-order chi connectivity index (χ1) is 8.88. The van der Waals surface area contributed by atoms with Crippen LogP contribution >= 0.6 is 11.3 Å². The fourth-order valence-corrected chi connectivity index (χ4v) is 3.38. The van der Waals surface area contributed by atoms with Gasteiger partial charge in [0.15, 0.2) is 0 Å². The van der Waals surface area contributed by atoms with Crippen LogP contribution in [0.25, 0.3) is 0 Å². The lowest BCUT2D eigenvalue weighted by Crippen LogP contribution is -2.45. The van der Waals surface area contributed by atoms with Gasteiger partial charge in [-0.1, -0.05) is 6.92 Å². The molecule has 0 saturated carbocycles. The smallest absolute Gasteiger partial charge is 0.308 e. The van der Waals surface area contributed by atoms with E-state index in [4.69, 9.17) is 5.11 Å². The highest BCUT2D eigenvalue weighted by Gasteiger charge is 2.33. The lowest BCUT2D eigenvalue weighted by Gasteiger charge is -2.34. The molecule has 2 unspecified atom stereocenters. The third-order valence-electron chi connectivity index (χ3n) is 3.40. The summed E-state index contributed by atoms with van der Waals surface area (Å²) in [6.45, 7) is 6.62. The summed E-state index contributed by atoms with van der Waals surface area (Å²) < 4.78 is 0. The predicted molar refractivity (Wildman–Crippen MR) is 72.4 cm³/mol. The molecular weight excluding hydrogens is 264 g/mol. The summed E-state index contributed by atoms with van der Waals surface area (Å²) in [5.74, 6) is -1.22. The molecule has 6 heteroatoms. The summed E-state index contributed by atoms with van der Waals surface area (Å²) in [5, 5.41) is 10.00. The number of carboxylic acid groups (broad SMARTS) is 1. The van der Waals surface area contributed by atoms with Crippen LogP contribution in [0, 0.1) is 25.7 Å². The van der Waals surface area contributed by atoms with Gasteiger partial charge >= 0.3 is 5.97 Å². The summed E-state index contributed by atoms with van der Waals surface area (Å²) in [6, 6.07) is 0. The molecule has 1 aromatic rings. The maximum Gasteiger partial charge on any atom is 0.308 e. The van der Waals surface area contributed by atoms with Crippen molar-refractivity contribution in [2.45, 2.75) is 27.2 Å². The van der Waals surface area contributed by atoms with Crippen molar-refractivity contribution in [2.24, 2.45) is 11.8 Å². The number of carbonyl (C=O) groups is 2. The van der Waals surface area contributed by atoms with Gasteiger partial charge in [-0.05, 0) is 26.2 Å². The van der Waals surface area contributed by atoms with Crippen LogP contribution < -0.4 is 0 Å². The Morgan fingerprint density at radius 3 is 2.58 bits per heavy atom. The molecule has 0 aliphatic carbocycles. The van der Waals surface area contributed by atoms with Gasteiger partial charge in [-0.3, -0.25) is 9.59 Å². The predicted octanol–water partition coefficient (Wildman–Crippen LogP) is 1.94. The summed E-state index contributed by atoms with van der Waals surface area (Å²) >= 11 is 1.49. The number of likely N-dealkylation sites (tertiary alicyclic amines) is 1. The van der Waals surface area contributed by atoms with Crippen molar-refractivity contribution >= 4 is 23.2 Å². The number of aryl methyl sites for hydroxylation is 2. The van der Waals surface area contributed by atoms with Gasteiger partial charge in [-0.25, -0.2) is 4.98 Å². The Morgan fingerprint density at radius 1 is 1.37 bits per heavy atom. The van der Waals surface area contributed by atoms with Gasteiger partial charge in [-0.2, -0.15) is 0 Å². The van der Waals surface area contributed by atoms with E-state index in [1.54, 1.807) is 4.90 Å². The number of hydrogen-bond acceptors (Lipinski definition) is 4. The fourth-order valence-electron chi connectivity index (χ4n) is 2.57. The molecule has 2 atom stereocenters. The molecule has 104 valence electrons. The number of amides is 1. The van der Waals surface area contributed by atoms with Crippen LogP contribution in [0.3, 0.4) is 0 Å². The van der Waals surface area contributed by atoms with E-state index < -0.39 is 11.9 Å². The van der Waals surface area contributed by atoms with Crippen molar-refractivity contribution in [3.05, 3.63) is 15.6 Å². The van der Waals surface area contributed by atoms with Crippen molar-refractivity contribution in [1.82, 2.24) is 9.88 Å². The summed E-state index contributed by atoms with van der Waals surface area (Å²) in [5.41, 5.74) is 0.473. The normalized spacial score (nSPS) is 23.4. The number of aliphatic carboxylic acids is 1. The minimum atomic E-state index is -0.824. The second-order valence-electron chi connectivity index (χ2n) is 5.22. The van der Waals surface area contributed by atoms with Crippen LogP contribution in [-0.4, -0.2) is 40.0 Å². The molecule has 0 spiro atoms. The number of nitrogens with zero attached hydrogens (tertiary/aromatic N) is 2. The Morgan fingerprint density at radius 2 is 2.05 bits per heavy atom. The number of thiazole rings is 1. The Kier molecular flexibility index (Phi) is 3.89. The molecule has 1 aliphatic heterocycles. The van der Waals surface area contributed by atoms with Crippen molar-refractivity contribution in [2.75, 3.05) is 13.1 Å². The zero-order valence-electron chi connectivity index (χ0n) is 11.3. The zero-order valence-corrected chi connectivity index (χ0v) is 12.2. The van der Waals surface area contributed by atoms with E-state index in [0.717, 1.165) is 9.88 Å². The zero-order chi connectivity index (χ0) is 14.2. The third-order valence-corrected chi connectivity index (χ3v) is 4.29. The number of carbonyl (C=O) groups excluding carboxylic acids is 1. The van der Waals surface area contributed by atoms with Gasteiger partial charge in [0.1, 0.15) is 5.69 Å². The quantitative estimate of drug-likeness (QED) is 0.900. The standard InChI is InChI=1S/C13H18N2O3S/c1-7-4-10(13(17)18)6-15(5-7)12(16)11-8(2)19-9(3)14-11/h7,10H,4-6H2,1-3H3,(H,17,18). The lowest BCUT2D eigenvalue weighted by atomic mass is 9.90. The Bertz CT molecular complexity index is 512. The Balaban J connectivity index is 2.18. The van der Waals surface area contributed by atoms with Crippen molar-refractivity contribution in [3.8, 4) is 0 Å². The van der Waals surface area contributed by atoms with Gasteiger partial charge in [0.25, 0.3) is 5.91 Å². The molecule has 2 heterocycles. The number of carboxylic acids is 1. The van der Waals surface area contributed by atoms with E-state index in [1.807, 2.05) is 20.8 Å². The molecule has 1 amide bonds. The van der Waals surface area contributed by atoms with Crippen LogP contribution in [0.5, 0.6) is 0 Å². The minimum Gasteiger partial charge on any atom is -0.481 e. The highest BCUT2D eigenvalue weighted by molar-refractivity contribution is 7.11. The number of rotatable bonds is 2. The van der Waals surface area contributed by atoms with Crippen molar-refractivity contribution in [3.63, 3.8) is 0 Å². The molecule has 1 aromatic heterocycles. The number of hydrogen-bond donors (Lipinski definition) is 1. The molecule has 19 heavy (non-hydrogen) atoms. The van der Waals surface area contributed by atoms with E-state index >= 15 is 0 Å². The number of aromatic nitrogens is 1. The minimum absolute atomic E-state index is 0.139. The molecule has 0 radical (unpaired) electrons. The highest BCUT2D eigenvalue weighted by Crippen LogP contribution is 2.25. The molecular formula is C13H18N2O3S. The van der Waals surface area contributed by atoms with Gasteiger partial charge in [-0.15, -0.1) is 11.3 Å². The van der Waals surface area contributed by atoms with Gasteiger partial charge < -0.3 is 10.0 Å². The maximum absolute atomic E-state index is 12.4. The first kappa shape index (κ1) is 14.0. The average Bonchev–Trinajstić information content (AvgIpc) is 2.66. The van der Waals surface area contributed by atoms with Gasteiger partial charge in [0, 0.05) is 18.0 Å². The van der Waals surface area contributed by atoms with Crippen molar-refractivity contribution < 1.29 is 14.7 Å². The van der Waals surface area contributed by atoms with Gasteiger partial charge in [0.05, 0.1) is 10.9 Å². The van der Waals surface area contributed by atoms with Crippen LogP contribution in [0.15, 0.2) is 0 Å². The lowest BCUT2D eigenvalue weighted by molar-refractivity contribution is -0.143. The molecule has 0 aromatic carbocycles. The first-order valence-corrected chi connectivity index (χ1v) is 7.16. The van der Waals surface area contributed by atoms with E-state index in [-0.39, 0.29) is 18.4 Å². The molecule has 1 fully saturated rings. The average molecular weight is 282 g/mol. The molecule has 1 N–H and O–H groups in total. The maximum atomic E-state index is 12.4. The third kappa shape index (κ3) is 2.94. The summed E-state index contributed by atoms with van der Waals surface area (Å²) in [7, 11) is 0. The molecule has 1 aliphatic rings. The topological polar surface area (TPSA) is 70.5 Å². The van der Waals surface area contributed by atoms with E-state index in [9.17, 15) is 9.59 Å². The highest BCUT2D eigenvalue weighted by atomic mass is 32.1. The Labute approximate surface area is 116 Å². The van der Waals surface area contributed by atoms with E-state index in [0.29, 0.717) is 18.7 Å². The second-order valence-corrected chi connectivity index (χ2v) is 6.63. The largest absolute Gasteiger partial charge is 0.481 e. The summed E-state index contributed by atoms with van der Waals surface area (Å²) in [4.78, 5) is 30.3. The van der Waals surface area contributed by atoms with Crippen LogP contribution in [0.1, 0.15) is 33.7 Å². The second kappa shape index (κ2) is 5.28. The van der Waals surface area contributed by atoms with Crippen LogP contribution in [-0.2, 0) is 4.79 Å². The fraction of sp³-hybridized carbons (Fsp3) is 0.615. The van der Waals surface area contributed by atoms with Gasteiger partial charge in [0.2, 0.25) is 0 Å². The molecule has 2 rings (SSSR count). The molecule has 1 saturated heterocycles. The van der Waals surface area contributed by atoms with Crippen LogP contribution in [0.2, 0.25) is 0 Å². The number of piperidine rings is 1. The van der Waals surface area contributed by atoms with Crippen LogP contribution in [0.4, 0.5) is 0 Å². The first-order valence-electron chi connectivity index (χ1n) is 6.34. The monoisotopic (exact) mass is 282 g/mol. The van der Waals surface area contributed by atoms with Crippen molar-refractivity contribution in [1.29, 1.82) is 0 Å². The van der Waals surface area contributed by atoms with E-state index in [1.165, 1.54) is 11.3 Å². The summed E-state index contributed by atoms with van der Waals surface area (Å²) in [6.07, 6.45) is 0.633. The Hall–Kier alpha value is -1.43. The SMILES string of the molecule is Cc1nc(C(=O)N2CC(C)CC(C(=O)O)C2)c(C)s1. The molecule has 0 bridgehead atoms.